The second-order valence-electron chi connectivity index (χ2n) is 4.51. The van der Waals surface area contributed by atoms with Gasteiger partial charge in [-0.15, -0.1) is 0 Å². The van der Waals surface area contributed by atoms with Crippen molar-refractivity contribution in [3.05, 3.63) is 0 Å². The highest BCUT2D eigenvalue weighted by molar-refractivity contribution is 5.77. The Labute approximate surface area is 103 Å². The third-order valence-corrected chi connectivity index (χ3v) is 2.97. The topological polar surface area (TPSA) is 148 Å². The molecule has 1 fully saturated rings. The standard InChI is InChI=1S/C10H18O8/c11-3-5(12)4-18-7-2-10(17,9(15)16)1-6(13)8(7)14/h5-8,11-14,17H,1-4H2,(H,15,16)/t5?,6-,7+,8+,10-/m1/s1. The first-order valence-corrected chi connectivity index (χ1v) is 5.52. The number of hydrogen-bond donors (Lipinski definition) is 6. The zero-order valence-electron chi connectivity index (χ0n) is 9.64. The van der Waals surface area contributed by atoms with Crippen molar-refractivity contribution in [2.24, 2.45) is 0 Å². The minimum absolute atomic E-state index is 0.333. The quantitative estimate of drug-likeness (QED) is 0.309. The Balaban J connectivity index is 2.67. The van der Waals surface area contributed by atoms with Crippen LogP contribution in [-0.4, -0.2) is 79.8 Å². The molecule has 6 N–H and O–H groups in total. The molecule has 106 valence electrons. The molecule has 0 bridgehead atoms. The first kappa shape index (κ1) is 15.3. The lowest BCUT2D eigenvalue weighted by Crippen LogP contribution is -2.57. The van der Waals surface area contributed by atoms with Crippen LogP contribution < -0.4 is 0 Å². The van der Waals surface area contributed by atoms with E-state index in [0.717, 1.165) is 0 Å². The maximum Gasteiger partial charge on any atom is 0.335 e. The van der Waals surface area contributed by atoms with Crippen LogP contribution in [0.15, 0.2) is 0 Å². The summed E-state index contributed by atoms with van der Waals surface area (Å²) in [5, 5.41) is 55.4. The second kappa shape index (κ2) is 5.91. The lowest BCUT2D eigenvalue weighted by molar-refractivity contribution is -0.197. The van der Waals surface area contributed by atoms with E-state index in [1.807, 2.05) is 0 Å². The van der Waals surface area contributed by atoms with E-state index in [1.165, 1.54) is 0 Å². The van der Waals surface area contributed by atoms with Gasteiger partial charge in [-0.3, -0.25) is 0 Å². The zero-order chi connectivity index (χ0) is 13.9. The van der Waals surface area contributed by atoms with Gasteiger partial charge in [-0.2, -0.15) is 0 Å². The van der Waals surface area contributed by atoms with E-state index in [-0.39, 0.29) is 6.61 Å². The summed E-state index contributed by atoms with van der Waals surface area (Å²) in [4.78, 5) is 10.9. The highest BCUT2D eigenvalue weighted by Crippen LogP contribution is 2.31. The number of hydrogen-bond acceptors (Lipinski definition) is 7. The fourth-order valence-corrected chi connectivity index (χ4v) is 1.87. The number of carbonyl (C=O) groups is 1. The summed E-state index contributed by atoms with van der Waals surface area (Å²) in [5.74, 6) is -1.51. The molecule has 0 amide bonds. The van der Waals surface area contributed by atoms with Crippen molar-refractivity contribution < 1.29 is 40.2 Å². The van der Waals surface area contributed by atoms with Crippen LogP contribution >= 0.6 is 0 Å². The van der Waals surface area contributed by atoms with Crippen molar-refractivity contribution in [3.8, 4) is 0 Å². The van der Waals surface area contributed by atoms with Gasteiger partial charge in [0.05, 0.1) is 25.4 Å². The van der Waals surface area contributed by atoms with Crippen molar-refractivity contribution in [1.29, 1.82) is 0 Å². The van der Waals surface area contributed by atoms with Crippen LogP contribution in [0.5, 0.6) is 0 Å². The van der Waals surface area contributed by atoms with Crippen molar-refractivity contribution in [2.45, 2.75) is 42.9 Å². The third-order valence-electron chi connectivity index (χ3n) is 2.97. The highest BCUT2D eigenvalue weighted by Gasteiger charge is 2.49. The molecule has 0 aromatic carbocycles. The van der Waals surface area contributed by atoms with Crippen molar-refractivity contribution >= 4 is 5.97 Å². The Morgan fingerprint density at radius 3 is 2.50 bits per heavy atom. The minimum atomic E-state index is -2.17. The second-order valence-corrected chi connectivity index (χ2v) is 4.51. The summed E-state index contributed by atoms with van der Waals surface area (Å²) in [5.41, 5.74) is -2.17. The molecule has 1 saturated carbocycles. The first-order chi connectivity index (χ1) is 8.30. The Kier molecular flexibility index (Phi) is 5.02. The Hall–Kier alpha value is -0.770. The zero-order valence-corrected chi connectivity index (χ0v) is 9.64. The molecule has 1 aliphatic carbocycles. The lowest BCUT2D eigenvalue weighted by atomic mass is 9.79. The highest BCUT2D eigenvalue weighted by atomic mass is 16.5. The van der Waals surface area contributed by atoms with E-state index < -0.39 is 55.4 Å². The predicted molar refractivity (Wildman–Crippen MR) is 56.7 cm³/mol. The lowest BCUT2D eigenvalue weighted by Gasteiger charge is -2.39. The van der Waals surface area contributed by atoms with E-state index in [4.69, 9.17) is 20.1 Å². The Morgan fingerprint density at radius 2 is 2.00 bits per heavy atom. The van der Waals surface area contributed by atoms with Crippen molar-refractivity contribution in [3.63, 3.8) is 0 Å². The normalized spacial score (nSPS) is 38.4. The van der Waals surface area contributed by atoms with Crippen LogP contribution in [0.25, 0.3) is 0 Å². The number of aliphatic hydroxyl groups excluding tert-OH is 4. The molecule has 8 heteroatoms. The average Bonchev–Trinajstić information content (AvgIpc) is 2.31. The van der Waals surface area contributed by atoms with Crippen LogP contribution in [0.3, 0.4) is 0 Å². The molecule has 8 nitrogen and oxygen atoms in total. The fourth-order valence-electron chi connectivity index (χ4n) is 1.87. The van der Waals surface area contributed by atoms with Crippen LogP contribution in [-0.2, 0) is 9.53 Å². The minimum Gasteiger partial charge on any atom is -0.479 e. The summed E-state index contributed by atoms with van der Waals surface area (Å²) in [6.07, 6.45) is -5.98. The molecule has 0 aromatic heterocycles. The van der Waals surface area contributed by atoms with Crippen LogP contribution in [0.1, 0.15) is 12.8 Å². The maximum atomic E-state index is 10.9. The summed E-state index contributed by atoms with van der Waals surface area (Å²) in [7, 11) is 0. The monoisotopic (exact) mass is 266 g/mol. The van der Waals surface area contributed by atoms with Crippen molar-refractivity contribution in [2.75, 3.05) is 13.2 Å². The summed E-state index contributed by atoms with van der Waals surface area (Å²) >= 11 is 0. The van der Waals surface area contributed by atoms with Gasteiger partial charge < -0.3 is 35.4 Å². The van der Waals surface area contributed by atoms with Gasteiger partial charge in [0, 0.05) is 12.8 Å². The molecule has 1 unspecified atom stereocenters. The smallest absolute Gasteiger partial charge is 0.335 e. The third kappa shape index (κ3) is 3.37. The number of aliphatic carboxylic acids is 1. The number of carboxylic acid groups (broad SMARTS) is 1. The summed E-state index contributed by atoms with van der Waals surface area (Å²) < 4.78 is 5.02. The Bertz CT molecular complexity index is 296. The molecule has 18 heavy (non-hydrogen) atoms. The molecular formula is C10H18O8. The maximum absolute atomic E-state index is 10.9. The van der Waals surface area contributed by atoms with Gasteiger partial charge in [0.15, 0.2) is 5.60 Å². The number of ether oxygens (including phenoxy) is 1. The van der Waals surface area contributed by atoms with Gasteiger partial charge in [-0.05, 0) is 0 Å². The van der Waals surface area contributed by atoms with E-state index in [9.17, 15) is 20.1 Å². The summed E-state index contributed by atoms with van der Waals surface area (Å²) in [6, 6.07) is 0. The van der Waals surface area contributed by atoms with Crippen LogP contribution in [0.2, 0.25) is 0 Å². The average molecular weight is 266 g/mol. The molecular weight excluding hydrogens is 248 g/mol. The van der Waals surface area contributed by atoms with Gasteiger partial charge in [0.1, 0.15) is 12.2 Å². The largest absolute Gasteiger partial charge is 0.479 e. The number of aliphatic hydroxyl groups is 5. The van der Waals surface area contributed by atoms with E-state index >= 15 is 0 Å². The summed E-state index contributed by atoms with van der Waals surface area (Å²) in [6.45, 7) is -0.880. The van der Waals surface area contributed by atoms with Gasteiger partial charge in [0.2, 0.25) is 0 Å². The molecule has 0 heterocycles. The molecule has 0 saturated heterocycles. The van der Waals surface area contributed by atoms with Gasteiger partial charge in [-0.25, -0.2) is 4.79 Å². The molecule has 0 aromatic rings. The molecule has 5 atom stereocenters. The molecule has 0 radical (unpaired) electrons. The predicted octanol–water partition coefficient (Wildman–Crippen LogP) is -2.94. The molecule has 0 aliphatic heterocycles. The van der Waals surface area contributed by atoms with Gasteiger partial charge >= 0.3 is 5.97 Å². The van der Waals surface area contributed by atoms with Crippen LogP contribution in [0, 0.1) is 0 Å². The van der Waals surface area contributed by atoms with Gasteiger partial charge in [-0.1, -0.05) is 0 Å². The number of carboxylic acids is 1. The van der Waals surface area contributed by atoms with E-state index in [0.29, 0.717) is 0 Å². The first-order valence-electron chi connectivity index (χ1n) is 5.52. The molecule has 1 aliphatic rings. The van der Waals surface area contributed by atoms with Crippen LogP contribution in [0.4, 0.5) is 0 Å². The van der Waals surface area contributed by atoms with Crippen molar-refractivity contribution in [1.82, 2.24) is 0 Å². The number of rotatable bonds is 5. The van der Waals surface area contributed by atoms with Gasteiger partial charge in [0.25, 0.3) is 0 Å². The Morgan fingerprint density at radius 1 is 1.39 bits per heavy atom. The molecule has 0 spiro atoms. The van der Waals surface area contributed by atoms with E-state index in [2.05, 4.69) is 0 Å². The SMILES string of the molecule is O=C(O)[C@@]1(O)C[C@@H](O)[C@H](O)[C@@H](OCC(O)CO)C1. The fraction of sp³-hybridized carbons (Fsp3) is 0.900. The van der Waals surface area contributed by atoms with E-state index in [1.54, 1.807) is 0 Å². The molecule has 1 rings (SSSR count).